The van der Waals surface area contributed by atoms with Gasteiger partial charge in [-0.05, 0) is 48.6 Å². The number of carbonyl (C=O) groups excluding carboxylic acids is 1. The van der Waals surface area contributed by atoms with E-state index in [1.54, 1.807) is 30.0 Å². The summed E-state index contributed by atoms with van der Waals surface area (Å²) in [6, 6.07) is 12.1. The van der Waals surface area contributed by atoms with E-state index in [1.165, 1.54) is 18.2 Å². The molecule has 0 saturated heterocycles. The molecule has 0 spiro atoms. The molecule has 2 rings (SSSR count). The Morgan fingerprint density at radius 1 is 1.31 bits per heavy atom. The minimum absolute atomic E-state index is 0.117. The third-order valence-corrected chi connectivity index (χ3v) is 4.13. The molecule has 6 nitrogen and oxygen atoms in total. The van der Waals surface area contributed by atoms with E-state index in [2.05, 4.69) is 5.32 Å². The molecule has 0 aliphatic heterocycles. The van der Waals surface area contributed by atoms with Crippen LogP contribution in [-0.4, -0.2) is 23.7 Å². The van der Waals surface area contributed by atoms with Crippen LogP contribution in [0.4, 0.5) is 11.4 Å². The second-order valence-corrected chi connectivity index (χ2v) is 6.27. The number of nitro groups is 1. The molecule has 136 valence electrons. The lowest BCUT2D eigenvalue weighted by Gasteiger charge is -2.06. The molecule has 0 aliphatic carbocycles. The van der Waals surface area contributed by atoms with Crippen LogP contribution in [0.1, 0.15) is 18.9 Å². The SMILES string of the molecule is CCCOc1ccc(/C=C/C(=O)Nc2cccc(SC)c2)cc1[N+](=O)[O-]. The number of carbonyl (C=O) groups is 1. The largest absolute Gasteiger partial charge is 0.487 e. The van der Waals surface area contributed by atoms with Crippen LogP contribution in [0.15, 0.2) is 53.4 Å². The van der Waals surface area contributed by atoms with E-state index in [-0.39, 0.29) is 17.3 Å². The van der Waals surface area contributed by atoms with E-state index in [4.69, 9.17) is 4.74 Å². The molecule has 0 fully saturated rings. The second kappa shape index (κ2) is 9.62. The number of nitro benzene ring substituents is 1. The molecule has 7 heteroatoms. The maximum absolute atomic E-state index is 12.0. The Morgan fingerprint density at radius 3 is 2.81 bits per heavy atom. The van der Waals surface area contributed by atoms with Gasteiger partial charge in [0.2, 0.25) is 5.91 Å². The van der Waals surface area contributed by atoms with Gasteiger partial charge >= 0.3 is 5.69 Å². The van der Waals surface area contributed by atoms with E-state index >= 15 is 0 Å². The van der Waals surface area contributed by atoms with E-state index in [1.807, 2.05) is 31.4 Å². The number of anilines is 1. The normalized spacial score (nSPS) is 10.7. The van der Waals surface area contributed by atoms with Crippen LogP contribution < -0.4 is 10.1 Å². The lowest BCUT2D eigenvalue weighted by molar-refractivity contribution is -0.385. The minimum Gasteiger partial charge on any atom is -0.487 e. The number of hydrogen-bond donors (Lipinski definition) is 1. The van der Waals surface area contributed by atoms with Crippen molar-refractivity contribution >= 4 is 35.1 Å². The summed E-state index contributed by atoms with van der Waals surface area (Å²) in [5.74, 6) is -0.0791. The molecule has 1 N–H and O–H groups in total. The first-order valence-corrected chi connectivity index (χ1v) is 9.30. The van der Waals surface area contributed by atoms with Crippen LogP contribution in [-0.2, 0) is 4.79 Å². The van der Waals surface area contributed by atoms with Gasteiger partial charge in [-0.25, -0.2) is 0 Å². The number of benzene rings is 2. The summed E-state index contributed by atoms with van der Waals surface area (Å²) in [6.45, 7) is 2.34. The van der Waals surface area contributed by atoms with Gasteiger partial charge in [0.25, 0.3) is 0 Å². The summed E-state index contributed by atoms with van der Waals surface area (Å²) >= 11 is 1.59. The molecule has 2 aromatic carbocycles. The third kappa shape index (κ3) is 5.63. The fraction of sp³-hybridized carbons (Fsp3) is 0.211. The first-order chi connectivity index (χ1) is 12.5. The average Bonchev–Trinajstić information content (AvgIpc) is 2.65. The van der Waals surface area contributed by atoms with Crippen molar-refractivity contribution in [3.63, 3.8) is 0 Å². The highest BCUT2D eigenvalue weighted by molar-refractivity contribution is 7.98. The molecular formula is C19H20N2O4S. The van der Waals surface area contributed by atoms with Crippen molar-refractivity contribution in [1.29, 1.82) is 0 Å². The van der Waals surface area contributed by atoms with E-state index in [9.17, 15) is 14.9 Å². The van der Waals surface area contributed by atoms with E-state index in [0.29, 0.717) is 17.9 Å². The molecular weight excluding hydrogens is 352 g/mol. The third-order valence-electron chi connectivity index (χ3n) is 3.41. The molecule has 0 aliphatic rings. The van der Waals surface area contributed by atoms with Crippen molar-refractivity contribution in [2.75, 3.05) is 18.2 Å². The molecule has 0 aromatic heterocycles. The minimum atomic E-state index is -0.490. The Morgan fingerprint density at radius 2 is 2.12 bits per heavy atom. The number of rotatable bonds is 8. The standard InChI is InChI=1S/C19H20N2O4S/c1-3-11-25-18-9-7-14(12-17(18)21(23)24)8-10-19(22)20-15-5-4-6-16(13-15)26-2/h4-10,12-13H,3,11H2,1-2H3,(H,20,22)/b10-8+. The van der Waals surface area contributed by atoms with E-state index in [0.717, 1.165) is 11.3 Å². The first-order valence-electron chi connectivity index (χ1n) is 8.08. The molecule has 0 radical (unpaired) electrons. The molecule has 0 heterocycles. The first kappa shape index (κ1) is 19.5. The van der Waals surface area contributed by atoms with Gasteiger partial charge in [-0.2, -0.15) is 0 Å². The lowest BCUT2D eigenvalue weighted by atomic mass is 10.1. The predicted molar refractivity (Wildman–Crippen MR) is 105 cm³/mol. The molecule has 0 atom stereocenters. The zero-order chi connectivity index (χ0) is 18.9. The summed E-state index contributed by atoms with van der Waals surface area (Å²) in [5.41, 5.74) is 1.13. The van der Waals surface area contributed by atoms with Crippen LogP contribution in [0.25, 0.3) is 6.08 Å². The Hall–Kier alpha value is -2.80. The van der Waals surface area contributed by atoms with Crippen molar-refractivity contribution in [3.8, 4) is 5.75 Å². The summed E-state index contributed by atoms with van der Waals surface area (Å²) in [6.07, 6.45) is 5.60. The zero-order valence-corrected chi connectivity index (χ0v) is 15.4. The Kier molecular flexibility index (Phi) is 7.23. The number of hydrogen-bond acceptors (Lipinski definition) is 5. The van der Waals surface area contributed by atoms with Crippen molar-refractivity contribution in [2.45, 2.75) is 18.2 Å². The highest BCUT2D eigenvalue weighted by Crippen LogP contribution is 2.28. The molecule has 0 unspecified atom stereocenters. The van der Waals surface area contributed by atoms with Gasteiger partial charge in [0.05, 0.1) is 11.5 Å². The van der Waals surface area contributed by atoms with Gasteiger partial charge in [0.1, 0.15) is 0 Å². The number of nitrogens with one attached hydrogen (secondary N) is 1. The Labute approximate surface area is 156 Å². The summed E-state index contributed by atoms with van der Waals surface area (Å²) < 4.78 is 5.38. The average molecular weight is 372 g/mol. The van der Waals surface area contributed by atoms with Crippen LogP contribution >= 0.6 is 11.8 Å². The highest BCUT2D eigenvalue weighted by Gasteiger charge is 2.15. The van der Waals surface area contributed by atoms with Crippen LogP contribution in [0.2, 0.25) is 0 Å². The number of nitrogens with zero attached hydrogens (tertiary/aromatic N) is 1. The summed E-state index contributed by atoms with van der Waals surface area (Å²) in [7, 11) is 0. The van der Waals surface area contributed by atoms with Crippen molar-refractivity contribution in [1.82, 2.24) is 0 Å². The fourth-order valence-corrected chi connectivity index (χ4v) is 2.63. The second-order valence-electron chi connectivity index (χ2n) is 5.39. The van der Waals surface area contributed by atoms with Gasteiger partial charge in [-0.1, -0.05) is 19.1 Å². The lowest BCUT2D eigenvalue weighted by Crippen LogP contribution is -2.07. The van der Waals surface area contributed by atoms with Crippen LogP contribution in [0.3, 0.4) is 0 Å². The Bertz CT molecular complexity index is 821. The van der Waals surface area contributed by atoms with Gasteiger partial charge in [0.15, 0.2) is 5.75 Å². The van der Waals surface area contributed by atoms with E-state index < -0.39 is 4.92 Å². The number of amides is 1. The maximum atomic E-state index is 12.0. The zero-order valence-electron chi connectivity index (χ0n) is 14.6. The van der Waals surface area contributed by atoms with Crippen molar-refractivity contribution in [2.24, 2.45) is 0 Å². The van der Waals surface area contributed by atoms with Crippen LogP contribution in [0, 0.1) is 10.1 Å². The van der Waals surface area contributed by atoms with Gasteiger partial charge in [-0.15, -0.1) is 11.8 Å². The molecule has 1 amide bonds. The highest BCUT2D eigenvalue weighted by atomic mass is 32.2. The predicted octanol–water partition coefficient (Wildman–Crippen LogP) is 4.76. The quantitative estimate of drug-likeness (QED) is 0.313. The molecule has 0 saturated carbocycles. The molecule has 0 bridgehead atoms. The summed E-state index contributed by atoms with van der Waals surface area (Å²) in [5, 5.41) is 14.0. The monoisotopic (exact) mass is 372 g/mol. The molecule has 26 heavy (non-hydrogen) atoms. The van der Waals surface area contributed by atoms with Gasteiger partial charge in [-0.3, -0.25) is 14.9 Å². The van der Waals surface area contributed by atoms with Gasteiger partial charge < -0.3 is 10.1 Å². The van der Waals surface area contributed by atoms with Crippen molar-refractivity contribution in [3.05, 3.63) is 64.2 Å². The summed E-state index contributed by atoms with van der Waals surface area (Å²) in [4.78, 5) is 23.8. The number of ether oxygens (including phenoxy) is 1. The maximum Gasteiger partial charge on any atom is 0.311 e. The van der Waals surface area contributed by atoms with Gasteiger partial charge in [0, 0.05) is 22.7 Å². The molecule has 2 aromatic rings. The van der Waals surface area contributed by atoms with Crippen LogP contribution in [0.5, 0.6) is 5.75 Å². The number of thioether (sulfide) groups is 1. The topological polar surface area (TPSA) is 81.5 Å². The smallest absolute Gasteiger partial charge is 0.311 e. The fourth-order valence-electron chi connectivity index (χ4n) is 2.17. The van der Waals surface area contributed by atoms with Crippen molar-refractivity contribution < 1.29 is 14.5 Å². The Balaban J connectivity index is 2.09.